The number of rotatable bonds is 2. The van der Waals surface area contributed by atoms with Crippen LogP contribution in [0.5, 0.6) is 0 Å². The molecular weight excluding hydrogens is 258 g/mol. The molecule has 0 unspecified atom stereocenters. The third-order valence-corrected chi connectivity index (χ3v) is 2.88. The van der Waals surface area contributed by atoms with E-state index in [1.807, 2.05) is 42.5 Å². The van der Waals surface area contributed by atoms with E-state index < -0.39 is 0 Å². The van der Waals surface area contributed by atoms with Crippen molar-refractivity contribution in [2.75, 3.05) is 0 Å². The van der Waals surface area contributed by atoms with E-state index in [1.54, 1.807) is 6.21 Å². The SMILES string of the molecule is NC(=S)N/N=C\c1ccc2oc3ccccc3c2c1. The highest BCUT2D eigenvalue weighted by molar-refractivity contribution is 7.80. The lowest BCUT2D eigenvalue weighted by molar-refractivity contribution is 0.669. The van der Waals surface area contributed by atoms with E-state index in [4.69, 9.17) is 10.2 Å². The van der Waals surface area contributed by atoms with Crippen molar-refractivity contribution in [3.8, 4) is 0 Å². The van der Waals surface area contributed by atoms with Gasteiger partial charge in [0.05, 0.1) is 6.21 Å². The van der Waals surface area contributed by atoms with Crippen LogP contribution < -0.4 is 11.2 Å². The summed E-state index contributed by atoms with van der Waals surface area (Å²) < 4.78 is 5.75. The highest BCUT2D eigenvalue weighted by atomic mass is 32.1. The van der Waals surface area contributed by atoms with Gasteiger partial charge < -0.3 is 10.2 Å². The quantitative estimate of drug-likeness (QED) is 0.426. The lowest BCUT2D eigenvalue weighted by atomic mass is 10.1. The molecule has 0 spiro atoms. The Kier molecular flexibility index (Phi) is 2.89. The van der Waals surface area contributed by atoms with Crippen molar-refractivity contribution >= 4 is 45.5 Å². The van der Waals surface area contributed by atoms with Gasteiger partial charge in [-0.15, -0.1) is 0 Å². The minimum atomic E-state index is 0.145. The summed E-state index contributed by atoms with van der Waals surface area (Å²) in [5.41, 5.74) is 10.5. The van der Waals surface area contributed by atoms with E-state index in [1.165, 1.54) is 0 Å². The van der Waals surface area contributed by atoms with Crippen LogP contribution in [0.1, 0.15) is 5.56 Å². The van der Waals surface area contributed by atoms with Crippen LogP contribution in [-0.4, -0.2) is 11.3 Å². The van der Waals surface area contributed by atoms with Crippen LogP contribution >= 0.6 is 12.2 Å². The molecule has 3 rings (SSSR count). The maximum atomic E-state index is 5.75. The molecule has 2 aromatic carbocycles. The number of thiocarbonyl (C=S) groups is 1. The summed E-state index contributed by atoms with van der Waals surface area (Å²) in [4.78, 5) is 0. The molecule has 0 aliphatic heterocycles. The van der Waals surface area contributed by atoms with Gasteiger partial charge in [0.25, 0.3) is 0 Å². The van der Waals surface area contributed by atoms with E-state index in [2.05, 4.69) is 22.7 Å². The van der Waals surface area contributed by atoms with Crippen LogP contribution in [0.4, 0.5) is 0 Å². The molecule has 0 saturated carbocycles. The summed E-state index contributed by atoms with van der Waals surface area (Å²) >= 11 is 4.68. The maximum Gasteiger partial charge on any atom is 0.184 e. The molecule has 0 radical (unpaired) electrons. The third kappa shape index (κ3) is 2.28. The van der Waals surface area contributed by atoms with Crippen molar-refractivity contribution in [3.63, 3.8) is 0 Å². The molecule has 1 heterocycles. The van der Waals surface area contributed by atoms with E-state index in [9.17, 15) is 0 Å². The fourth-order valence-corrected chi connectivity index (χ4v) is 2.05. The third-order valence-electron chi connectivity index (χ3n) is 2.79. The Balaban J connectivity index is 2.06. The van der Waals surface area contributed by atoms with Crippen LogP contribution in [0.25, 0.3) is 21.9 Å². The van der Waals surface area contributed by atoms with Gasteiger partial charge in [-0.1, -0.05) is 18.2 Å². The average Bonchev–Trinajstić information content (AvgIpc) is 2.76. The van der Waals surface area contributed by atoms with Gasteiger partial charge in [0.2, 0.25) is 0 Å². The summed E-state index contributed by atoms with van der Waals surface area (Å²) in [5, 5.41) is 6.24. The van der Waals surface area contributed by atoms with Crippen molar-refractivity contribution in [2.24, 2.45) is 10.8 Å². The summed E-state index contributed by atoms with van der Waals surface area (Å²) in [6.07, 6.45) is 1.67. The highest BCUT2D eigenvalue weighted by Crippen LogP contribution is 2.28. The molecule has 0 saturated heterocycles. The minimum Gasteiger partial charge on any atom is -0.456 e. The first-order valence-electron chi connectivity index (χ1n) is 5.74. The maximum absolute atomic E-state index is 5.75. The van der Waals surface area contributed by atoms with Gasteiger partial charge in [-0.3, -0.25) is 5.43 Å². The molecule has 5 heteroatoms. The molecule has 4 nitrogen and oxygen atoms in total. The normalized spacial score (nSPS) is 11.4. The zero-order valence-electron chi connectivity index (χ0n) is 9.96. The fraction of sp³-hybridized carbons (Fsp3) is 0. The van der Waals surface area contributed by atoms with Gasteiger partial charge in [0.1, 0.15) is 11.2 Å². The number of fused-ring (bicyclic) bond motifs is 3. The van der Waals surface area contributed by atoms with Gasteiger partial charge in [-0.25, -0.2) is 0 Å². The average molecular weight is 269 g/mol. The van der Waals surface area contributed by atoms with Crippen LogP contribution in [0, 0.1) is 0 Å². The Morgan fingerprint density at radius 2 is 1.95 bits per heavy atom. The van der Waals surface area contributed by atoms with Crippen molar-refractivity contribution < 1.29 is 4.42 Å². The van der Waals surface area contributed by atoms with E-state index in [-0.39, 0.29) is 5.11 Å². The Morgan fingerprint density at radius 1 is 1.16 bits per heavy atom. The van der Waals surface area contributed by atoms with E-state index >= 15 is 0 Å². The standard InChI is InChI=1S/C14H11N3OS/c15-14(19)17-16-8-9-5-6-13-11(7-9)10-3-1-2-4-12(10)18-13/h1-8H,(H3,15,17,19)/b16-8-. The second-order valence-electron chi connectivity index (χ2n) is 4.09. The lowest BCUT2D eigenvalue weighted by Crippen LogP contribution is -2.23. The zero-order valence-corrected chi connectivity index (χ0v) is 10.8. The number of nitrogens with two attached hydrogens (primary N) is 1. The molecule has 0 bridgehead atoms. The van der Waals surface area contributed by atoms with Gasteiger partial charge in [-0.05, 0) is 42.0 Å². The minimum absolute atomic E-state index is 0.145. The summed E-state index contributed by atoms with van der Waals surface area (Å²) in [5.74, 6) is 0. The lowest BCUT2D eigenvalue weighted by Gasteiger charge is -1.95. The van der Waals surface area contributed by atoms with Gasteiger partial charge in [-0.2, -0.15) is 5.10 Å². The number of benzene rings is 2. The summed E-state index contributed by atoms with van der Waals surface area (Å²) in [6, 6.07) is 13.8. The van der Waals surface area contributed by atoms with E-state index in [0.717, 1.165) is 27.5 Å². The number of furan rings is 1. The highest BCUT2D eigenvalue weighted by Gasteiger charge is 2.05. The molecule has 1 aromatic heterocycles. The molecule has 3 aromatic rings. The summed E-state index contributed by atoms with van der Waals surface area (Å²) in [7, 11) is 0. The molecule has 19 heavy (non-hydrogen) atoms. The second-order valence-corrected chi connectivity index (χ2v) is 4.53. The molecule has 0 fully saturated rings. The smallest absolute Gasteiger partial charge is 0.184 e. The molecule has 0 aliphatic carbocycles. The largest absolute Gasteiger partial charge is 0.456 e. The van der Waals surface area contributed by atoms with Gasteiger partial charge in [0.15, 0.2) is 5.11 Å². The Hall–Kier alpha value is -2.40. The van der Waals surface area contributed by atoms with Crippen molar-refractivity contribution in [1.29, 1.82) is 0 Å². The number of para-hydroxylation sites is 1. The van der Waals surface area contributed by atoms with Crippen LogP contribution in [0.3, 0.4) is 0 Å². The van der Waals surface area contributed by atoms with Gasteiger partial charge in [0, 0.05) is 10.8 Å². The number of hydrogen-bond donors (Lipinski definition) is 2. The number of nitrogens with zero attached hydrogens (tertiary/aromatic N) is 1. The molecule has 0 amide bonds. The van der Waals surface area contributed by atoms with Crippen molar-refractivity contribution in [3.05, 3.63) is 48.0 Å². The first-order valence-corrected chi connectivity index (χ1v) is 6.15. The first-order chi connectivity index (χ1) is 9.24. The summed E-state index contributed by atoms with van der Waals surface area (Å²) in [6.45, 7) is 0. The monoisotopic (exact) mass is 269 g/mol. The Labute approximate surface area is 114 Å². The van der Waals surface area contributed by atoms with Crippen molar-refractivity contribution in [1.82, 2.24) is 5.43 Å². The zero-order chi connectivity index (χ0) is 13.2. The number of hydrogen-bond acceptors (Lipinski definition) is 3. The molecule has 0 atom stereocenters. The molecule has 94 valence electrons. The topological polar surface area (TPSA) is 63.5 Å². The molecular formula is C14H11N3OS. The first kappa shape index (κ1) is 11.7. The predicted octanol–water partition coefficient (Wildman–Crippen LogP) is 2.75. The number of hydrazone groups is 1. The number of nitrogens with one attached hydrogen (secondary N) is 1. The van der Waals surface area contributed by atoms with Crippen LogP contribution in [0.15, 0.2) is 52.0 Å². The molecule has 3 N–H and O–H groups in total. The predicted molar refractivity (Wildman–Crippen MR) is 81.2 cm³/mol. The van der Waals surface area contributed by atoms with Crippen LogP contribution in [0.2, 0.25) is 0 Å². The second kappa shape index (κ2) is 4.70. The fourth-order valence-electron chi connectivity index (χ4n) is 1.99. The van der Waals surface area contributed by atoms with Gasteiger partial charge >= 0.3 is 0 Å². The Bertz CT molecular complexity index is 792. The van der Waals surface area contributed by atoms with Crippen molar-refractivity contribution in [2.45, 2.75) is 0 Å². The van der Waals surface area contributed by atoms with E-state index in [0.29, 0.717) is 0 Å². The van der Waals surface area contributed by atoms with Crippen LogP contribution in [-0.2, 0) is 0 Å². The molecule has 0 aliphatic rings. The Morgan fingerprint density at radius 3 is 2.79 bits per heavy atom.